The maximum atomic E-state index is 12.7. The molecule has 2 aliphatic rings. The summed E-state index contributed by atoms with van der Waals surface area (Å²) in [5.74, 6) is 1.23. The lowest BCUT2D eigenvalue weighted by atomic mass is 9.94. The highest BCUT2D eigenvalue weighted by atomic mass is 16.5. The molecule has 2 aromatic carbocycles. The molecule has 2 aromatic rings. The van der Waals surface area contributed by atoms with Gasteiger partial charge in [0.1, 0.15) is 0 Å². The van der Waals surface area contributed by atoms with E-state index in [0.29, 0.717) is 12.2 Å². The topological polar surface area (TPSA) is 50.8 Å². The van der Waals surface area contributed by atoms with Crippen molar-refractivity contribution in [2.75, 3.05) is 12.1 Å². The van der Waals surface area contributed by atoms with Crippen LogP contribution in [0, 0.1) is 5.92 Å². The van der Waals surface area contributed by atoms with Crippen molar-refractivity contribution in [3.05, 3.63) is 54.1 Å². The average molecular weight is 296 g/mol. The Morgan fingerprint density at radius 1 is 1.18 bits per heavy atom. The van der Waals surface area contributed by atoms with Crippen LogP contribution in [0.15, 0.2) is 48.5 Å². The second kappa shape index (κ2) is 5.03. The van der Waals surface area contributed by atoms with Crippen LogP contribution < -0.4 is 19.9 Å². The number of para-hydroxylation sites is 2. The van der Waals surface area contributed by atoms with Crippen LogP contribution in [-0.4, -0.2) is 19.2 Å². The number of hydrazine groups is 1. The Balaban J connectivity index is 1.66. The Morgan fingerprint density at radius 3 is 2.77 bits per heavy atom. The molecule has 2 unspecified atom stereocenters. The molecule has 0 radical (unpaired) electrons. The maximum Gasteiger partial charge on any atom is 0.250 e. The van der Waals surface area contributed by atoms with Crippen LogP contribution in [0.25, 0.3) is 0 Å². The van der Waals surface area contributed by atoms with Gasteiger partial charge >= 0.3 is 0 Å². The molecular weight excluding hydrogens is 280 g/mol. The van der Waals surface area contributed by atoms with Gasteiger partial charge in [-0.1, -0.05) is 30.3 Å². The lowest BCUT2D eigenvalue weighted by Gasteiger charge is -2.27. The van der Waals surface area contributed by atoms with E-state index in [2.05, 4.69) is 5.43 Å². The van der Waals surface area contributed by atoms with Crippen LogP contribution in [0.5, 0.6) is 11.5 Å². The van der Waals surface area contributed by atoms with E-state index in [1.165, 1.54) is 0 Å². The number of carbonyl (C=O) groups is 1. The van der Waals surface area contributed by atoms with E-state index in [-0.39, 0.29) is 18.1 Å². The molecule has 2 aliphatic heterocycles. The molecule has 0 bridgehead atoms. The van der Waals surface area contributed by atoms with Gasteiger partial charge in [0, 0.05) is 0 Å². The number of nitrogens with zero attached hydrogens (tertiary/aromatic N) is 1. The third-order valence-corrected chi connectivity index (χ3v) is 4.14. The van der Waals surface area contributed by atoms with Crippen molar-refractivity contribution < 1.29 is 14.3 Å². The third kappa shape index (κ3) is 1.94. The van der Waals surface area contributed by atoms with Crippen molar-refractivity contribution in [1.82, 2.24) is 5.43 Å². The fourth-order valence-corrected chi connectivity index (χ4v) is 3.04. The van der Waals surface area contributed by atoms with E-state index in [0.717, 1.165) is 17.0 Å². The lowest BCUT2D eigenvalue weighted by molar-refractivity contribution is -0.121. The first-order valence-electron chi connectivity index (χ1n) is 7.25. The number of fused-ring (bicyclic) bond motifs is 2. The second-order valence-corrected chi connectivity index (χ2v) is 5.44. The highest BCUT2D eigenvalue weighted by molar-refractivity contribution is 5.97. The highest BCUT2D eigenvalue weighted by Crippen LogP contribution is 2.40. The third-order valence-electron chi connectivity index (χ3n) is 4.14. The smallest absolute Gasteiger partial charge is 0.250 e. The maximum absolute atomic E-state index is 12.7. The van der Waals surface area contributed by atoms with Crippen molar-refractivity contribution in [3.8, 4) is 11.5 Å². The molecule has 1 N–H and O–H groups in total. The Kier molecular flexibility index (Phi) is 3.01. The molecule has 4 rings (SSSR count). The van der Waals surface area contributed by atoms with E-state index < -0.39 is 0 Å². The standard InChI is InChI=1S/C17H16N2O3/c1-21-14-9-5-6-11-10-13-16(22-15(11)14)18-19(17(13)20)12-7-3-2-4-8-12/h2-9,13,16,18H,10H2,1H3. The zero-order valence-electron chi connectivity index (χ0n) is 12.2. The lowest BCUT2D eigenvalue weighted by Crippen LogP contribution is -2.41. The summed E-state index contributed by atoms with van der Waals surface area (Å²) >= 11 is 0. The number of ether oxygens (including phenoxy) is 2. The Bertz CT molecular complexity index is 717. The van der Waals surface area contributed by atoms with E-state index >= 15 is 0 Å². The van der Waals surface area contributed by atoms with Crippen molar-refractivity contribution in [2.45, 2.75) is 12.6 Å². The van der Waals surface area contributed by atoms with Crippen molar-refractivity contribution in [1.29, 1.82) is 0 Å². The average Bonchev–Trinajstić information content (AvgIpc) is 2.89. The van der Waals surface area contributed by atoms with Gasteiger partial charge in [-0.2, -0.15) is 5.43 Å². The van der Waals surface area contributed by atoms with Crippen molar-refractivity contribution >= 4 is 11.6 Å². The molecule has 22 heavy (non-hydrogen) atoms. The molecule has 2 atom stereocenters. The summed E-state index contributed by atoms with van der Waals surface area (Å²) in [7, 11) is 1.62. The molecule has 0 spiro atoms. The fourth-order valence-electron chi connectivity index (χ4n) is 3.04. The number of anilines is 1. The molecule has 0 aliphatic carbocycles. The quantitative estimate of drug-likeness (QED) is 0.922. The number of hydrogen-bond acceptors (Lipinski definition) is 4. The van der Waals surface area contributed by atoms with E-state index in [1.54, 1.807) is 12.1 Å². The van der Waals surface area contributed by atoms with Gasteiger partial charge < -0.3 is 9.47 Å². The number of benzene rings is 2. The number of rotatable bonds is 2. The number of methoxy groups -OCH3 is 1. The monoisotopic (exact) mass is 296 g/mol. The minimum atomic E-state index is -0.364. The van der Waals surface area contributed by atoms with Gasteiger partial charge in [-0.15, -0.1) is 0 Å². The minimum absolute atomic E-state index is 0.0321. The molecule has 1 fully saturated rings. The first-order valence-corrected chi connectivity index (χ1v) is 7.25. The first-order chi connectivity index (χ1) is 10.8. The van der Waals surface area contributed by atoms with Crippen LogP contribution in [0.1, 0.15) is 5.56 Å². The van der Waals surface area contributed by atoms with Gasteiger partial charge in [0.15, 0.2) is 17.7 Å². The predicted molar refractivity (Wildman–Crippen MR) is 81.7 cm³/mol. The summed E-state index contributed by atoms with van der Waals surface area (Å²) in [5.41, 5.74) is 4.98. The van der Waals surface area contributed by atoms with Crippen LogP contribution >= 0.6 is 0 Å². The largest absolute Gasteiger partial charge is 0.493 e. The normalized spacial score (nSPS) is 22.8. The summed E-state index contributed by atoms with van der Waals surface area (Å²) in [6.45, 7) is 0. The molecule has 0 saturated carbocycles. The first kappa shape index (κ1) is 13.2. The Morgan fingerprint density at radius 2 is 2.00 bits per heavy atom. The molecule has 1 saturated heterocycles. The summed E-state index contributed by atoms with van der Waals surface area (Å²) in [4.78, 5) is 12.7. The Hall–Kier alpha value is -2.53. The molecule has 2 heterocycles. The second-order valence-electron chi connectivity index (χ2n) is 5.44. The highest BCUT2D eigenvalue weighted by Gasteiger charge is 2.45. The van der Waals surface area contributed by atoms with Gasteiger partial charge in [0.2, 0.25) is 5.91 Å². The molecule has 5 nitrogen and oxygen atoms in total. The van der Waals surface area contributed by atoms with Gasteiger partial charge in [0.05, 0.1) is 18.7 Å². The van der Waals surface area contributed by atoms with Crippen LogP contribution in [0.4, 0.5) is 5.69 Å². The van der Waals surface area contributed by atoms with E-state index in [9.17, 15) is 4.79 Å². The predicted octanol–water partition coefficient (Wildman–Crippen LogP) is 2.12. The van der Waals surface area contributed by atoms with Crippen molar-refractivity contribution in [3.63, 3.8) is 0 Å². The van der Waals surface area contributed by atoms with E-state index in [4.69, 9.17) is 9.47 Å². The van der Waals surface area contributed by atoms with Gasteiger partial charge in [-0.25, -0.2) is 5.01 Å². The molecule has 112 valence electrons. The van der Waals surface area contributed by atoms with Crippen molar-refractivity contribution in [2.24, 2.45) is 5.92 Å². The summed E-state index contributed by atoms with van der Waals surface area (Å²) < 4.78 is 11.3. The fraction of sp³-hybridized carbons (Fsp3) is 0.235. The number of amides is 1. The zero-order chi connectivity index (χ0) is 15.1. The zero-order valence-corrected chi connectivity index (χ0v) is 12.2. The van der Waals surface area contributed by atoms with Crippen LogP contribution in [0.2, 0.25) is 0 Å². The van der Waals surface area contributed by atoms with Crippen LogP contribution in [0.3, 0.4) is 0 Å². The van der Waals surface area contributed by atoms with Gasteiger partial charge in [0.25, 0.3) is 0 Å². The van der Waals surface area contributed by atoms with E-state index in [1.807, 2.05) is 48.5 Å². The molecule has 0 aromatic heterocycles. The Labute approximate surface area is 128 Å². The molecular formula is C17H16N2O3. The SMILES string of the molecule is COc1cccc2c1OC1NN(c3ccccc3)C(=O)C1C2. The number of carbonyl (C=O) groups excluding carboxylic acids is 1. The minimum Gasteiger partial charge on any atom is -0.493 e. The van der Waals surface area contributed by atoms with Crippen LogP contribution in [-0.2, 0) is 11.2 Å². The number of nitrogens with one attached hydrogen (secondary N) is 1. The van der Waals surface area contributed by atoms with Gasteiger partial charge in [-0.3, -0.25) is 4.79 Å². The number of hydrogen-bond donors (Lipinski definition) is 1. The van der Waals surface area contributed by atoms with Gasteiger partial charge in [-0.05, 0) is 30.2 Å². The summed E-state index contributed by atoms with van der Waals surface area (Å²) in [6, 6.07) is 15.3. The summed E-state index contributed by atoms with van der Waals surface area (Å²) in [6.07, 6.45) is 0.281. The summed E-state index contributed by atoms with van der Waals surface area (Å²) in [5, 5.41) is 1.58. The molecule has 1 amide bonds. The molecule has 5 heteroatoms.